The number of para-hydroxylation sites is 1. The molecule has 88 valence electrons. The first-order valence-corrected chi connectivity index (χ1v) is 4.48. The number of primary amides is 1. The first-order valence-electron chi connectivity index (χ1n) is 4.48. The van der Waals surface area contributed by atoms with E-state index < -0.39 is 17.6 Å². The summed E-state index contributed by atoms with van der Waals surface area (Å²) < 4.78 is 42.2. The van der Waals surface area contributed by atoms with Crippen LogP contribution in [0.15, 0.2) is 24.3 Å². The van der Waals surface area contributed by atoms with Crippen LogP contribution in [0.2, 0.25) is 0 Å². The van der Waals surface area contributed by atoms with Gasteiger partial charge in [0.05, 0.1) is 18.6 Å². The molecule has 3 nitrogen and oxygen atoms in total. The Morgan fingerprint density at radius 2 is 1.94 bits per heavy atom. The highest BCUT2D eigenvalue weighted by Crippen LogP contribution is 2.35. The van der Waals surface area contributed by atoms with Crippen molar-refractivity contribution in [3.63, 3.8) is 0 Å². The van der Waals surface area contributed by atoms with Crippen molar-refractivity contribution in [1.29, 1.82) is 0 Å². The molecule has 0 atom stereocenters. The van der Waals surface area contributed by atoms with E-state index in [9.17, 15) is 18.0 Å². The van der Waals surface area contributed by atoms with Gasteiger partial charge in [-0.2, -0.15) is 13.2 Å². The number of hydrogen-bond donors (Lipinski definition) is 1. The quantitative estimate of drug-likeness (QED) is 0.864. The molecule has 2 N–H and O–H groups in total. The highest BCUT2D eigenvalue weighted by molar-refractivity contribution is 5.73. The zero-order chi connectivity index (χ0) is 12.2. The second-order valence-electron chi connectivity index (χ2n) is 3.06. The molecule has 1 rings (SSSR count). The van der Waals surface area contributed by atoms with Crippen molar-refractivity contribution in [3.05, 3.63) is 29.8 Å². The molecular weight excluding hydrogens is 223 g/mol. The smallest absolute Gasteiger partial charge is 0.419 e. The van der Waals surface area contributed by atoms with E-state index in [1.165, 1.54) is 18.2 Å². The van der Waals surface area contributed by atoms with Crippen LogP contribution in [0.3, 0.4) is 0 Å². The molecule has 0 aliphatic carbocycles. The Labute approximate surface area is 90.0 Å². The summed E-state index contributed by atoms with van der Waals surface area (Å²) in [6, 6.07) is 4.81. The van der Waals surface area contributed by atoms with Gasteiger partial charge < -0.3 is 10.5 Å². The van der Waals surface area contributed by atoms with Crippen LogP contribution in [0.25, 0.3) is 0 Å². The highest BCUT2D eigenvalue weighted by Gasteiger charge is 2.33. The molecule has 6 heteroatoms. The summed E-state index contributed by atoms with van der Waals surface area (Å²) in [5.41, 5.74) is 3.98. The number of nitrogens with two attached hydrogens (primary N) is 1. The van der Waals surface area contributed by atoms with Gasteiger partial charge in [0.2, 0.25) is 5.91 Å². The van der Waals surface area contributed by atoms with Crippen molar-refractivity contribution in [2.24, 2.45) is 5.73 Å². The number of alkyl halides is 3. The maximum absolute atomic E-state index is 12.5. The van der Waals surface area contributed by atoms with Crippen LogP contribution in [0, 0.1) is 0 Å². The Kier molecular flexibility index (Phi) is 3.76. The second-order valence-corrected chi connectivity index (χ2v) is 3.06. The molecule has 0 aliphatic heterocycles. The van der Waals surface area contributed by atoms with E-state index in [0.717, 1.165) is 6.07 Å². The number of carbonyl (C=O) groups is 1. The van der Waals surface area contributed by atoms with Crippen molar-refractivity contribution >= 4 is 5.91 Å². The Morgan fingerprint density at radius 3 is 2.50 bits per heavy atom. The van der Waals surface area contributed by atoms with Gasteiger partial charge in [0.1, 0.15) is 5.75 Å². The Balaban J connectivity index is 2.76. The molecule has 16 heavy (non-hydrogen) atoms. The fraction of sp³-hybridized carbons (Fsp3) is 0.300. The third-order valence-corrected chi connectivity index (χ3v) is 1.80. The van der Waals surface area contributed by atoms with Crippen LogP contribution in [0.1, 0.15) is 12.0 Å². The molecule has 0 spiro atoms. The third-order valence-electron chi connectivity index (χ3n) is 1.80. The van der Waals surface area contributed by atoms with E-state index in [1.807, 2.05) is 0 Å². The zero-order valence-corrected chi connectivity index (χ0v) is 8.25. The van der Waals surface area contributed by atoms with Crippen LogP contribution in [-0.4, -0.2) is 12.5 Å². The van der Waals surface area contributed by atoms with Crippen molar-refractivity contribution in [3.8, 4) is 5.75 Å². The van der Waals surface area contributed by atoms with Crippen LogP contribution in [0.4, 0.5) is 13.2 Å². The van der Waals surface area contributed by atoms with Gasteiger partial charge in [-0.25, -0.2) is 0 Å². The molecule has 0 heterocycles. The van der Waals surface area contributed by atoms with E-state index in [-0.39, 0.29) is 18.8 Å². The summed E-state index contributed by atoms with van der Waals surface area (Å²) in [5, 5.41) is 0. The fourth-order valence-electron chi connectivity index (χ4n) is 1.09. The standard InChI is InChI=1S/C10H10F3NO2/c11-10(12,13)7-3-1-2-4-8(7)16-6-5-9(14)15/h1-4H,5-6H2,(H2,14,15). The minimum absolute atomic E-state index is 0.119. The molecule has 0 unspecified atom stereocenters. The van der Waals surface area contributed by atoms with Gasteiger partial charge in [-0.05, 0) is 12.1 Å². The highest BCUT2D eigenvalue weighted by atomic mass is 19.4. The van der Waals surface area contributed by atoms with Crippen molar-refractivity contribution in [2.75, 3.05) is 6.61 Å². The van der Waals surface area contributed by atoms with Gasteiger partial charge in [-0.3, -0.25) is 4.79 Å². The van der Waals surface area contributed by atoms with Gasteiger partial charge in [-0.15, -0.1) is 0 Å². The molecule has 0 fully saturated rings. The number of rotatable bonds is 4. The normalized spacial score (nSPS) is 11.2. The lowest BCUT2D eigenvalue weighted by molar-refractivity contribution is -0.138. The van der Waals surface area contributed by atoms with Crippen molar-refractivity contribution < 1.29 is 22.7 Å². The summed E-state index contributed by atoms with van der Waals surface area (Å²) in [4.78, 5) is 10.4. The summed E-state index contributed by atoms with van der Waals surface area (Å²) >= 11 is 0. The Hall–Kier alpha value is -1.72. The van der Waals surface area contributed by atoms with Gasteiger partial charge >= 0.3 is 6.18 Å². The monoisotopic (exact) mass is 233 g/mol. The molecule has 0 aliphatic rings. The number of halogens is 3. The van der Waals surface area contributed by atoms with Gasteiger partial charge in [0.25, 0.3) is 0 Å². The van der Waals surface area contributed by atoms with Crippen LogP contribution < -0.4 is 10.5 Å². The molecule has 1 amide bonds. The van der Waals surface area contributed by atoms with Crippen LogP contribution in [0.5, 0.6) is 5.75 Å². The van der Waals surface area contributed by atoms with E-state index >= 15 is 0 Å². The zero-order valence-electron chi connectivity index (χ0n) is 8.25. The number of carbonyl (C=O) groups excluding carboxylic acids is 1. The molecule has 0 saturated carbocycles. The van der Waals surface area contributed by atoms with Crippen LogP contribution >= 0.6 is 0 Å². The minimum Gasteiger partial charge on any atom is -0.492 e. The summed E-state index contributed by atoms with van der Waals surface area (Å²) in [6.07, 6.45) is -4.59. The fourth-order valence-corrected chi connectivity index (χ4v) is 1.09. The average molecular weight is 233 g/mol. The van der Waals surface area contributed by atoms with Gasteiger partial charge in [0, 0.05) is 0 Å². The average Bonchev–Trinajstić information content (AvgIpc) is 2.16. The first-order chi connectivity index (χ1) is 7.41. The predicted octanol–water partition coefficient (Wildman–Crippen LogP) is 1.96. The lowest BCUT2D eigenvalue weighted by Crippen LogP contribution is -2.16. The Morgan fingerprint density at radius 1 is 1.31 bits per heavy atom. The molecule has 1 aromatic rings. The van der Waals surface area contributed by atoms with E-state index in [4.69, 9.17) is 10.5 Å². The van der Waals surface area contributed by atoms with E-state index in [2.05, 4.69) is 0 Å². The Bertz CT molecular complexity index is 377. The minimum atomic E-state index is -4.47. The summed E-state index contributed by atoms with van der Waals surface area (Å²) in [5.74, 6) is -0.916. The number of ether oxygens (including phenoxy) is 1. The van der Waals surface area contributed by atoms with Crippen LogP contribution in [-0.2, 0) is 11.0 Å². The largest absolute Gasteiger partial charge is 0.492 e. The molecular formula is C10H10F3NO2. The second kappa shape index (κ2) is 4.87. The maximum atomic E-state index is 12.5. The summed E-state index contributed by atoms with van der Waals surface area (Å²) in [6.45, 7) is -0.164. The lowest BCUT2D eigenvalue weighted by Gasteiger charge is -2.12. The van der Waals surface area contributed by atoms with Gasteiger partial charge in [-0.1, -0.05) is 12.1 Å². The summed E-state index contributed by atoms with van der Waals surface area (Å²) in [7, 11) is 0. The number of benzene rings is 1. The third kappa shape index (κ3) is 3.45. The lowest BCUT2D eigenvalue weighted by atomic mass is 10.2. The van der Waals surface area contributed by atoms with Crippen molar-refractivity contribution in [2.45, 2.75) is 12.6 Å². The van der Waals surface area contributed by atoms with E-state index in [1.54, 1.807) is 0 Å². The molecule has 0 bridgehead atoms. The molecule has 0 radical (unpaired) electrons. The number of amides is 1. The number of hydrogen-bond acceptors (Lipinski definition) is 2. The van der Waals surface area contributed by atoms with E-state index in [0.29, 0.717) is 0 Å². The SMILES string of the molecule is NC(=O)CCOc1ccccc1C(F)(F)F. The topological polar surface area (TPSA) is 52.3 Å². The molecule has 0 aromatic heterocycles. The van der Waals surface area contributed by atoms with Gasteiger partial charge in [0.15, 0.2) is 0 Å². The van der Waals surface area contributed by atoms with Crippen molar-refractivity contribution in [1.82, 2.24) is 0 Å². The molecule has 0 saturated heterocycles. The molecule has 1 aromatic carbocycles. The predicted molar refractivity (Wildman–Crippen MR) is 50.8 cm³/mol. The first kappa shape index (κ1) is 12.4. The maximum Gasteiger partial charge on any atom is 0.419 e.